The molecule has 0 aromatic heterocycles. The summed E-state index contributed by atoms with van der Waals surface area (Å²) in [5.74, 6) is -8.11. The van der Waals surface area contributed by atoms with E-state index in [0.29, 0.717) is 0 Å². The fourth-order valence-corrected chi connectivity index (χ4v) is 1.33. The van der Waals surface area contributed by atoms with Gasteiger partial charge < -0.3 is 10.8 Å². The summed E-state index contributed by atoms with van der Waals surface area (Å²) in [6, 6.07) is 3.80. The molecule has 94 valence electrons. The largest absolute Gasteiger partial charge is 0.376 e. The average Bonchev–Trinajstić information content (AvgIpc) is 2.28. The van der Waals surface area contributed by atoms with Crippen LogP contribution in [0, 0.1) is 5.82 Å². The number of alkyl halides is 3. The number of amides is 1. The molecule has 0 fully saturated rings. The first kappa shape index (κ1) is 13.4. The second-order valence-electron chi connectivity index (χ2n) is 3.41. The molecular weight excluding hydrogens is 242 g/mol. The molecule has 1 aromatic rings. The van der Waals surface area contributed by atoms with E-state index in [1.165, 1.54) is 6.07 Å². The zero-order valence-electron chi connectivity index (χ0n) is 8.46. The maximum absolute atomic E-state index is 13.3. The Hall–Kier alpha value is -1.63. The molecule has 0 aliphatic heterocycles. The Morgan fingerprint density at radius 1 is 1.35 bits per heavy atom. The summed E-state index contributed by atoms with van der Waals surface area (Å²) in [6.45, 7) is -2.05. The van der Waals surface area contributed by atoms with Gasteiger partial charge in [0.05, 0.1) is 0 Å². The van der Waals surface area contributed by atoms with E-state index in [9.17, 15) is 27.5 Å². The first-order valence-electron chi connectivity index (χ1n) is 4.48. The van der Waals surface area contributed by atoms with Gasteiger partial charge in [-0.1, -0.05) is 18.2 Å². The predicted octanol–water partition coefficient (Wildman–Crippen LogP) is 1.10. The normalized spacial score (nSPS) is 15.4. The Labute approximate surface area is 93.8 Å². The highest BCUT2D eigenvalue weighted by Gasteiger charge is 2.59. The van der Waals surface area contributed by atoms with Gasteiger partial charge in [-0.25, -0.2) is 8.78 Å². The Kier molecular flexibility index (Phi) is 3.42. The van der Waals surface area contributed by atoms with Crippen molar-refractivity contribution in [2.75, 3.05) is 6.67 Å². The molecular formula is C10H9F4NO2. The standard InChI is InChI=1S/C10H9F4NO2/c11-5-9(17,10(13,14)8(15)16)6-3-1-2-4-7(6)12/h1-4,17H,5H2,(H2,15,16)/t9-/m1/s1. The highest BCUT2D eigenvalue weighted by Crippen LogP contribution is 2.39. The fraction of sp³-hybridized carbons (Fsp3) is 0.300. The summed E-state index contributed by atoms with van der Waals surface area (Å²) in [5.41, 5.74) is -0.248. The van der Waals surface area contributed by atoms with E-state index in [2.05, 4.69) is 5.73 Å². The highest BCUT2D eigenvalue weighted by atomic mass is 19.3. The molecule has 3 nitrogen and oxygen atoms in total. The number of carbonyl (C=O) groups is 1. The van der Waals surface area contributed by atoms with Crippen molar-refractivity contribution in [2.24, 2.45) is 5.73 Å². The molecule has 7 heteroatoms. The zero-order valence-corrected chi connectivity index (χ0v) is 8.46. The van der Waals surface area contributed by atoms with Crippen molar-refractivity contribution in [3.05, 3.63) is 35.6 Å². The first-order valence-corrected chi connectivity index (χ1v) is 4.48. The van der Waals surface area contributed by atoms with Gasteiger partial charge in [0, 0.05) is 5.56 Å². The number of benzene rings is 1. The van der Waals surface area contributed by atoms with Crippen LogP contribution in [-0.2, 0) is 10.4 Å². The third-order valence-corrected chi connectivity index (χ3v) is 2.34. The second-order valence-corrected chi connectivity index (χ2v) is 3.41. The number of rotatable bonds is 4. The van der Waals surface area contributed by atoms with Gasteiger partial charge in [-0.3, -0.25) is 4.79 Å². The predicted molar refractivity (Wildman–Crippen MR) is 50.4 cm³/mol. The fourth-order valence-electron chi connectivity index (χ4n) is 1.33. The monoisotopic (exact) mass is 251 g/mol. The van der Waals surface area contributed by atoms with Gasteiger partial charge in [0.1, 0.15) is 12.5 Å². The lowest BCUT2D eigenvalue weighted by Crippen LogP contribution is -2.55. The summed E-state index contributed by atoms with van der Waals surface area (Å²) in [7, 11) is 0. The van der Waals surface area contributed by atoms with Crippen molar-refractivity contribution in [2.45, 2.75) is 11.5 Å². The Morgan fingerprint density at radius 2 is 1.88 bits per heavy atom. The van der Waals surface area contributed by atoms with Gasteiger partial charge in [-0.05, 0) is 6.07 Å². The molecule has 0 spiro atoms. The van der Waals surface area contributed by atoms with Gasteiger partial charge >= 0.3 is 5.92 Å². The summed E-state index contributed by atoms with van der Waals surface area (Å²) >= 11 is 0. The van der Waals surface area contributed by atoms with E-state index in [4.69, 9.17) is 0 Å². The van der Waals surface area contributed by atoms with Crippen LogP contribution in [0.15, 0.2) is 24.3 Å². The molecule has 1 aromatic carbocycles. The molecule has 0 aliphatic rings. The summed E-state index contributed by atoms with van der Waals surface area (Å²) in [5, 5.41) is 9.50. The minimum Gasteiger partial charge on any atom is -0.376 e. The first-order chi connectivity index (χ1) is 7.77. The number of hydrogen-bond donors (Lipinski definition) is 2. The van der Waals surface area contributed by atoms with Crippen molar-refractivity contribution >= 4 is 5.91 Å². The van der Waals surface area contributed by atoms with Crippen LogP contribution in [0.25, 0.3) is 0 Å². The van der Waals surface area contributed by atoms with Crippen molar-refractivity contribution in [1.82, 2.24) is 0 Å². The van der Waals surface area contributed by atoms with Gasteiger partial charge in [-0.2, -0.15) is 8.78 Å². The van der Waals surface area contributed by atoms with Crippen LogP contribution >= 0.6 is 0 Å². The number of nitrogens with two attached hydrogens (primary N) is 1. The minimum absolute atomic E-state index is 0.756. The lowest BCUT2D eigenvalue weighted by molar-refractivity contribution is -0.199. The molecule has 0 saturated carbocycles. The van der Waals surface area contributed by atoms with Crippen LogP contribution in [0.1, 0.15) is 5.56 Å². The van der Waals surface area contributed by atoms with Crippen molar-refractivity contribution in [3.8, 4) is 0 Å². The molecule has 0 radical (unpaired) electrons. The number of hydrogen-bond acceptors (Lipinski definition) is 2. The van der Waals surface area contributed by atoms with Gasteiger partial charge in [-0.15, -0.1) is 0 Å². The van der Waals surface area contributed by atoms with Crippen molar-refractivity contribution < 1.29 is 27.5 Å². The topological polar surface area (TPSA) is 63.3 Å². The van der Waals surface area contributed by atoms with Crippen LogP contribution in [0.2, 0.25) is 0 Å². The molecule has 17 heavy (non-hydrogen) atoms. The number of carbonyl (C=O) groups excluding carboxylic acids is 1. The van der Waals surface area contributed by atoms with Gasteiger partial charge in [0.2, 0.25) is 0 Å². The van der Waals surface area contributed by atoms with E-state index in [1.807, 2.05) is 0 Å². The third-order valence-electron chi connectivity index (χ3n) is 2.34. The van der Waals surface area contributed by atoms with Crippen molar-refractivity contribution in [3.63, 3.8) is 0 Å². The van der Waals surface area contributed by atoms with E-state index in [1.54, 1.807) is 0 Å². The second kappa shape index (κ2) is 4.33. The maximum Gasteiger partial charge on any atom is 0.358 e. The van der Waals surface area contributed by atoms with E-state index in [0.717, 1.165) is 18.2 Å². The quantitative estimate of drug-likeness (QED) is 0.787. The Morgan fingerprint density at radius 3 is 2.29 bits per heavy atom. The molecule has 3 N–H and O–H groups in total. The number of aliphatic hydroxyl groups is 1. The minimum atomic E-state index is -4.62. The van der Waals surface area contributed by atoms with Crippen LogP contribution < -0.4 is 5.73 Å². The molecule has 0 heterocycles. The van der Waals surface area contributed by atoms with E-state index >= 15 is 0 Å². The zero-order chi connectivity index (χ0) is 13.3. The lowest BCUT2D eigenvalue weighted by atomic mass is 9.87. The molecule has 0 unspecified atom stereocenters. The van der Waals surface area contributed by atoms with Crippen LogP contribution in [0.5, 0.6) is 0 Å². The maximum atomic E-state index is 13.3. The van der Waals surface area contributed by atoms with Crippen LogP contribution in [0.3, 0.4) is 0 Å². The number of halogens is 4. The molecule has 0 aliphatic carbocycles. The smallest absolute Gasteiger partial charge is 0.358 e. The summed E-state index contributed by atoms with van der Waals surface area (Å²) in [6.07, 6.45) is 0. The lowest BCUT2D eigenvalue weighted by Gasteiger charge is -2.31. The van der Waals surface area contributed by atoms with Crippen LogP contribution in [-0.4, -0.2) is 23.6 Å². The van der Waals surface area contributed by atoms with Gasteiger partial charge in [0.15, 0.2) is 5.60 Å². The highest BCUT2D eigenvalue weighted by molar-refractivity contribution is 5.83. The van der Waals surface area contributed by atoms with E-state index in [-0.39, 0.29) is 0 Å². The molecule has 0 bridgehead atoms. The molecule has 1 rings (SSSR count). The Bertz CT molecular complexity index is 438. The van der Waals surface area contributed by atoms with E-state index < -0.39 is 35.5 Å². The number of primary amides is 1. The average molecular weight is 251 g/mol. The summed E-state index contributed by atoms with van der Waals surface area (Å²) < 4.78 is 52.6. The summed E-state index contributed by atoms with van der Waals surface area (Å²) in [4.78, 5) is 10.5. The Balaban J connectivity index is 3.41. The third kappa shape index (κ3) is 1.97. The van der Waals surface area contributed by atoms with Gasteiger partial charge in [0.25, 0.3) is 5.91 Å². The molecule has 1 amide bonds. The SMILES string of the molecule is NC(=O)C(F)(F)[C@@](O)(CF)c1ccccc1F. The van der Waals surface area contributed by atoms with Crippen molar-refractivity contribution in [1.29, 1.82) is 0 Å². The molecule has 1 atom stereocenters. The van der Waals surface area contributed by atoms with Crippen LogP contribution in [0.4, 0.5) is 17.6 Å². The molecule has 0 saturated heterocycles.